The van der Waals surface area contributed by atoms with E-state index in [0.29, 0.717) is 0 Å². The average molecular weight is 427 g/mol. The van der Waals surface area contributed by atoms with Crippen LogP contribution in [0.25, 0.3) is 0 Å². The molecule has 4 rings (SSSR count). The topological polar surface area (TPSA) is 71.5 Å². The minimum atomic E-state index is -0.419. The summed E-state index contributed by atoms with van der Waals surface area (Å²) in [5.41, 5.74) is 1.35. The lowest BCUT2D eigenvalue weighted by Crippen LogP contribution is -2.64. The number of nitrogens with one attached hydrogen (secondary N) is 1. The molecule has 0 radical (unpaired) electrons. The molecule has 3 heterocycles. The minimum Gasteiger partial charge on any atom is -0.344 e. The number of unbranched alkanes of at least 4 members (excludes halogenated alkanes) is 2. The van der Waals surface area contributed by atoms with Crippen molar-refractivity contribution in [2.75, 3.05) is 46.3 Å². The summed E-state index contributed by atoms with van der Waals surface area (Å²) in [5.74, 6) is 0.718. The van der Waals surface area contributed by atoms with Crippen molar-refractivity contribution in [3.05, 3.63) is 35.9 Å². The molecular formula is C23H34N6O2. The summed E-state index contributed by atoms with van der Waals surface area (Å²) in [6.07, 6.45) is 2.85. The lowest BCUT2D eigenvalue weighted by Gasteiger charge is -2.38. The molecule has 3 aliphatic rings. The summed E-state index contributed by atoms with van der Waals surface area (Å²) >= 11 is 0. The molecule has 168 valence electrons. The van der Waals surface area contributed by atoms with Crippen molar-refractivity contribution < 1.29 is 9.59 Å². The van der Waals surface area contributed by atoms with Gasteiger partial charge in [0, 0.05) is 46.3 Å². The summed E-state index contributed by atoms with van der Waals surface area (Å²) in [7, 11) is 1.72. The number of rotatable bonds is 8. The molecule has 2 saturated heterocycles. The number of amides is 3. The Labute approximate surface area is 184 Å². The number of likely N-dealkylation sites (N-methyl/N-ethyl adjacent to an activating group) is 1. The van der Waals surface area contributed by atoms with Crippen LogP contribution >= 0.6 is 0 Å². The van der Waals surface area contributed by atoms with Crippen molar-refractivity contribution in [3.63, 3.8) is 0 Å². The van der Waals surface area contributed by atoms with E-state index in [9.17, 15) is 9.59 Å². The number of carbonyl (C=O) groups is 2. The highest BCUT2D eigenvalue weighted by molar-refractivity contribution is 6.04. The fourth-order valence-corrected chi connectivity index (χ4v) is 4.66. The van der Waals surface area contributed by atoms with Crippen LogP contribution in [0, 0.1) is 0 Å². The van der Waals surface area contributed by atoms with Crippen molar-refractivity contribution >= 4 is 17.8 Å². The van der Waals surface area contributed by atoms with E-state index in [1.807, 2.05) is 0 Å². The second-order valence-electron chi connectivity index (χ2n) is 8.75. The van der Waals surface area contributed by atoms with E-state index in [4.69, 9.17) is 4.99 Å². The van der Waals surface area contributed by atoms with E-state index in [1.54, 1.807) is 11.9 Å². The third kappa shape index (κ3) is 4.91. The Bertz CT molecular complexity index is 806. The number of piperazine rings is 1. The van der Waals surface area contributed by atoms with E-state index < -0.39 is 12.2 Å². The van der Waals surface area contributed by atoms with Gasteiger partial charge in [0.05, 0.1) is 6.54 Å². The van der Waals surface area contributed by atoms with Crippen molar-refractivity contribution in [1.29, 1.82) is 0 Å². The van der Waals surface area contributed by atoms with Gasteiger partial charge in [0.1, 0.15) is 5.84 Å². The van der Waals surface area contributed by atoms with Gasteiger partial charge < -0.3 is 9.80 Å². The van der Waals surface area contributed by atoms with Gasteiger partial charge in [-0.2, -0.15) is 0 Å². The second-order valence-corrected chi connectivity index (χ2v) is 8.75. The zero-order chi connectivity index (χ0) is 21.8. The van der Waals surface area contributed by atoms with Gasteiger partial charge in [-0.1, -0.05) is 50.1 Å². The van der Waals surface area contributed by atoms with E-state index in [0.717, 1.165) is 70.9 Å². The van der Waals surface area contributed by atoms with Gasteiger partial charge in [-0.05, 0) is 12.0 Å². The van der Waals surface area contributed by atoms with Crippen molar-refractivity contribution in [2.24, 2.45) is 4.99 Å². The Morgan fingerprint density at radius 3 is 2.35 bits per heavy atom. The number of urea groups is 1. The maximum Gasteiger partial charge on any atom is 0.325 e. The molecule has 1 aromatic carbocycles. The van der Waals surface area contributed by atoms with Gasteiger partial charge in [-0.15, -0.1) is 0 Å². The summed E-state index contributed by atoms with van der Waals surface area (Å²) < 4.78 is 0. The van der Waals surface area contributed by atoms with Crippen molar-refractivity contribution in [1.82, 2.24) is 24.9 Å². The number of hydrogen-bond acceptors (Lipinski definition) is 6. The molecule has 2 unspecified atom stereocenters. The fraction of sp³-hybridized carbons (Fsp3) is 0.609. The number of aliphatic imine (C=N–C) groups is 1. The van der Waals surface area contributed by atoms with E-state index in [1.165, 1.54) is 5.56 Å². The second kappa shape index (κ2) is 9.78. The van der Waals surface area contributed by atoms with Crippen LogP contribution in [0.4, 0.5) is 4.79 Å². The molecule has 1 N–H and O–H groups in total. The molecule has 2 atom stereocenters. The third-order valence-corrected chi connectivity index (χ3v) is 6.53. The zero-order valence-corrected chi connectivity index (χ0v) is 18.7. The van der Waals surface area contributed by atoms with Crippen LogP contribution in [0.2, 0.25) is 0 Å². The third-order valence-electron chi connectivity index (χ3n) is 6.53. The molecular weight excluding hydrogens is 392 g/mol. The highest BCUT2D eigenvalue weighted by Gasteiger charge is 2.48. The van der Waals surface area contributed by atoms with Crippen LogP contribution in [-0.2, 0) is 11.3 Å². The van der Waals surface area contributed by atoms with Crippen LogP contribution < -0.4 is 5.32 Å². The first-order valence-electron chi connectivity index (χ1n) is 11.5. The largest absolute Gasteiger partial charge is 0.344 e. The predicted octanol–water partition coefficient (Wildman–Crippen LogP) is 1.58. The first-order chi connectivity index (χ1) is 15.1. The molecule has 3 aliphatic heterocycles. The first kappa shape index (κ1) is 21.8. The number of amidine groups is 1. The molecule has 0 saturated carbocycles. The normalized spacial score (nSPS) is 24.9. The molecule has 0 aliphatic carbocycles. The van der Waals surface area contributed by atoms with Gasteiger partial charge in [0.2, 0.25) is 0 Å². The van der Waals surface area contributed by atoms with Crippen LogP contribution in [0.5, 0.6) is 0 Å². The van der Waals surface area contributed by atoms with Gasteiger partial charge >= 0.3 is 6.03 Å². The Balaban J connectivity index is 1.38. The summed E-state index contributed by atoms with van der Waals surface area (Å²) in [5, 5.41) is 2.49. The Morgan fingerprint density at radius 1 is 1.00 bits per heavy atom. The van der Waals surface area contributed by atoms with Gasteiger partial charge in [-0.3, -0.25) is 19.9 Å². The number of imide groups is 1. The van der Waals surface area contributed by atoms with Gasteiger partial charge in [0.15, 0.2) is 12.2 Å². The Morgan fingerprint density at radius 2 is 1.68 bits per heavy atom. The van der Waals surface area contributed by atoms with Gasteiger partial charge in [0.25, 0.3) is 5.91 Å². The Kier molecular flexibility index (Phi) is 6.87. The lowest BCUT2D eigenvalue weighted by atomic mass is 10.1. The average Bonchev–Trinajstić information content (AvgIpc) is 3.13. The monoisotopic (exact) mass is 426 g/mol. The highest BCUT2D eigenvalue weighted by atomic mass is 16.2. The molecule has 2 fully saturated rings. The summed E-state index contributed by atoms with van der Waals surface area (Å²) in [4.78, 5) is 38.2. The van der Waals surface area contributed by atoms with Crippen molar-refractivity contribution in [2.45, 2.75) is 44.9 Å². The quantitative estimate of drug-likeness (QED) is 0.639. The smallest absolute Gasteiger partial charge is 0.325 e. The minimum absolute atomic E-state index is 0.226. The molecule has 31 heavy (non-hydrogen) atoms. The Hall–Kier alpha value is -2.45. The van der Waals surface area contributed by atoms with Crippen LogP contribution in [0.15, 0.2) is 35.3 Å². The van der Waals surface area contributed by atoms with Crippen molar-refractivity contribution in [3.8, 4) is 0 Å². The number of benzene rings is 1. The summed E-state index contributed by atoms with van der Waals surface area (Å²) in [6, 6.07) is 9.83. The highest BCUT2D eigenvalue weighted by Crippen LogP contribution is 2.25. The fourth-order valence-electron chi connectivity index (χ4n) is 4.66. The number of carbonyl (C=O) groups excluding carboxylic acids is 2. The first-order valence-corrected chi connectivity index (χ1v) is 11.5. The number of nitrogens with zero attached hydrogens (tertiary/aromatic N) is 5. The molecule has 8 heteroatoms. The zero-order valence-electron chi connectivity index (χ0n) is 18.7. The van der Waals surface area contributed by atoms with E-state index >= 15 is 0 Å². The van der Waals surface area contributed by atoms with E-state index in [2.05, 4.69) is 57.3 Å². The van der Waals surface area contributed by atoms with Crippen LogP contribution in [0.1, 0.15) is 31.7 Å². The molecule has 3 amide bonds. The molecule has 8 nitrogen and oxygen atoms in total. The lowest BCUT2D eigenvalue weighted by molar-refractivity contribution is -0.127. The number of hydrogen-bond donors (Lipinski definition) is 1. The van der Waals surface area contributed by atoms with E-state index in [-0.39, 0.29) is 11.9 Å². The maximum absolute atomic E-state index is 12.6. The SMILES string of the molecule is CCCCCN1C(CN2CCN(Cc3ccccc3)CC2)=NC2C1C(=O)NC(=O)N2C. The molecule has 0 spiro atoms. The molecule has 1 aromatic rings. The summed E-state index contributed by atoms with van der Waals surface area (Å²) in [6.45, 7) is 8.68. The van der Waals surface area contributed by atoms with Crippen LogP contribution in [-0.4, -0.2) is 95.9 Å². The predicted molar refractivity (Wildman–Crippen MR) is 121 cm³/mol. The number of fused-ring (bicyclic) bond motifs is 1. The molecule has 0 aromatic heterocycles. The van der Waals surface area contributed by atoms with Crippen LogP contribution in [0.3, 0.4) is 0 Å². The molecule has 0 bridgehead atoms. The maximum atomic E-state index is 12.6. The van der Waals surface area contributed by atoms with Gasteiger partial charge in [-0.25, -0.2) is 9.79 Å². The standard InChI is InChI=1S/C23H34N6O2/c1-3-4-8-11-29-19(24-21-20(29)22(30)25-23(31)26(21)2)17-28-14-12-27(13-15-28)16-18-9-6-5-7-10-18/h5-7,9-10,20-21H,3-4,8,11-17H2,1-2H3,(H,25,30,31).